The highest BCUT2D eigenvalue weighted by atomic mass is 16.5. The largest absolute Gasteiger partial charge is 0.466 e. The molecule has 1 amide bonds. The van der Waals surface area contributed by atoms with Crippen molar-refractivity contribution in [3.8, 4) is 0 Å². The van der Waals surface area contributed by atoms with Crippen molar-refractivity contribution in [2.24, 2.45) is 0 Å². The molecule has 0 aromatic heterocycles. The maximum atomic E-state index is 12.6. The highest BCUT2D eigenvalue weighted by Gasteiger charge is 2.20. The van der Waals surface area contributed by atoms with Gasteiger partial charge in [-0.1, -0.05) is 372 Å². The van der Waals surface area contributed by atoms with E-state index < -0.39 is 12.1 Å². The summed E-state index contributed by atoms with van der Waals surface area (Å²) < 4.78 is 5.50. The van der Waals surface area contributed by atoms with Gasteiger partial charge >= 0.3 is 5.97 Å². The van der Waals surface area contributed by atoms with Crippen molar-refractivity contribution in [2.45, 2.75) is 450 Å². The van der Waals surface area contributed by atoms with E-state index in [1.54, 1.807) is 0 Å². The fraction of sp³-hybridized carbons (Fsp3) is 0.923. The van der Waals surface area contributed by atoms with Crippen molar-refractivity contribution in [1.29, 1.82) is 0 Å². The van der Waals surface area contributed by atoms with Crippen molar-refractivity contribution in [2.75, 3.05) is 13.2 Å². The molecule has 0 heterocycles. The molecule has 0 fully saturated rings. The summed E-state index contributed by atoms with van der Waals surface area (Å²) in [5.74, 6) is -0.0216. The molecule has 3 N–H and O–H groups in total. The van der Waals surface area contributed by atoms with E-state index in [9.17, 15) is 19.8 Å². The Morgan fingerprint density at radius 1 is 0.321 bits per heavy atom. The average molecular weight is 1180 g/mol. The first kappa shape index (κ1) is 82.3. The number of aliphatic hydroxyl groups is 2. The normalized spacial score (nSPS) is 12.6. The summed E-state index contributed by atoms with van der Waals surface area (Å²) in [6.07, 6.45) is 93.9. The van der Waals surface area contributed by atoms with Crippen LogP contribution in [0.4, 0.5) is 0 Å². The van der Waals surface area contributed by atoms with Gasteiger partial charge in [-0.05, 0) is 77.0 Å². The van der Waals surface area contributed by atoms with Gasteiger partial charge in [0, 0.05) is 12.8 Å². The molecule has 0 bridgehead atoms. The molecule has 84 heavy (non-hydrogen) atoms. The van der Waals surface area contributed by atoms with E-state index in [1.165, 1.54) is 360 Å². The van der Waals surface area contributed by atoms with Crippen LogP contribution in [-0.4, -0.2) is 47.4 Å². The molecule has 2 atom stereocenters. The van der Waals surface area contributed by atoms with Crippen molar-refractivity contribution in [1.82, 2.24) is 5.32 Å². The fourth-order valence-electron chi connectivity index (χ4n) is 12.3. The Morgan fingerprint density at radius 2 is 0.560 bits per heavy atom. The van der Waals surface area contributed by atoms with Gasteiger partial charge < -0.3 is 20.3 Å². The van der Waals surface area contributed by atoms with E-state index in [4.69, 9.17) is 4.74 Å². The number of hydrogen-bond donors (Lipinski definition) is 3. The van der Waals surface area contributed by atoms with Gasteiger partial charge in [0.15, 0.2) is 0 Å². The van der Waals surface area contributed by atoms with Gasteiger partial charge in [-0.25, -0.2) is 0 Å². The van der Waals surface area contributed by atoms with E-state index in [1.807, 2.05) is 0 Å². The molecule has 6 nitrogen and oxygen atoms in total. The third-order valence-corrected chi connectivity index (χ3v) is 18.2. The van der Waals surface area contributed by atoms with Crippen molar-refractivity contribution < 1.29 is 24.5 Å². The maximum absolute atomic E-state index is 12.6. The van der Waals surface area contributed by atoms with Crippen LogP contribution in [0.25, 0.3) is 0 Å². The van der Waals surface area contributed by atoms with E-state index in [0.29, 0.717) is 25.9 Å². The zero-order valence-electron chi connectivity index (χ0n) is 57.2. The van der Waals surface area contributed by atoms with Crippen molar-refractivity contribution in [3.63, 3.8) is 0 Å². The number of allylic oxidation sites excluding steroid dienone is 4. The SMILES string of the molecule is CCCCCCCCC/C=C\CCCCCCCC(=O)OCCCCCCCCCCCCCC/C=C\CCCCCCCCCCCCCC(=O)NC(CO)C(O)CCCCCCCCCCCCCCCCCCCCCCCCCC. The molecule has 0 aliphatic heterocycles. The first-order valence-electron chi connectivity index (χ1n) is 38.6. The summed E-state index contributed by atoms with van der Waals surface area (Å²) in [5.41, 5.74) is 0. The van der Waals surface area contributed by atoms with Crippen LogP contribution in [0.15, 0.2) is 24.3 Å². The second-order valence-electron chi connectivity index (χ2n) is 26.7. The summed E-state index contributed by atoms with van der Waals surface area (Å²) in [5, 5.41) is 23.5. The molecule has 0 rings (SSSR count). The first-order valence-corrected chi connectivity index (χ1v) is 38.6. The maximum Gasteiger partial charge on any atom is 0.305 e. The molecule has 2 unspecified atom stereocenters. The number of unbranched alkanes of at least 4 members (excludes halogenated alkanes) is 58. The average Bonchev–Trinajstić information content (AvgIpc) is 3.51. The van der Waals surface area contributed by atoms with Crippen LogP contribution in [0.1, 0.15) is 438 Å². The van der Waals surface area contributed by atoms with Gasteiger partial charge in [0.25, 0.3) is 0 Å². The molecule has 0 aromatic rings. The van der Waals surface area contributed by atoms with Gasteiger partial charge in [-0.2, -0.15) is 0 Å². The molecule has 0 aromatic carbocycles. The topological polar surface area (TPSA) is 95.9 Å². The van der Waals surface area contributed by atoms with Crippen LogP contribution >= 0.6 is 0 Å². The number of aliphatic hydroxyl groups excluding tert-OH is 2. The quantitative estimate of drug-likeness (QED) is 0.0320. The molecule has 0 aliphatic carbocycles. The van der Waals surface area contributed by atoms with E-state index in [2.05, 4.69) is 43.5 Å². The minimum atomic E-state index is -0.666. The monoisotopic (exact) mass is 1180 g/mol. The predicted molar refractivity (Wildman–Crippen MR) is 370 cm³/mol. The Bertz CT molecular complexity index is 1320. The third-order valence-electron chi connectivity index (χ3n) is 18.2. The number of hydrogen-bond acceptors (Lipinski definition) is 5. The second-order valence-corrected chi connectivity index (χ2v) is 26.7. The van der Waals surface area contributed by atoms with Crippen LogP contribution in [0, 0.1) is 0 Å². The van der Waals surface area contributed by atoms with Crippen molar-refractivity contribution in [3.05, 3.63) is 24.3 Å². The van der Waals surface area contributed by atoms with E-state index in [-0.39, 0.29) is 18.5 Å². The summed E-state index contributed by atoms with van der Waals surface area (Å²) >= 11 is 0. The third kappa shape index (κ3) is 69.4. The number of ether oxygens (including phenoxy) is 1. The summed E-state index contributed by atoms with van der Waals surface area (Å²) in [7, 11) is 0. The number of carbonyl (C=O) groups is 2. The fourth-order valence-corrected chi connectivity index (χ4v) is 12.3. The lowest BCUT2D eigenvalue weighted by Crippen LogP contribution is -2.45. The highest BCUT2D eigenvalue weighted by molar-refractivity contribution is 5.76. The Balaban J connectivity index is 3.38. The number of rotatable bonds is 73. The van der Waals surface area contributed by atoms with Crippen LogP contribution in [-0.2, 0) is 14.3 Å². The molecule has 0 saturated carbocycles. The number of carbonyl (C=O) groups excluding carboxylic acids is 2. The molecule has 0 saturated heterocycles. The van der Waals surface area contributed by atoms with Crippen molar-refractivity contribution >= 4 is 11.9 Å². The number of esters is 1. The van der Waals surface area contributed by atoms with Crippen LogP contribution in [0.2, 0.25) is 0 Å². The first-order chi connectivity index (χ1) is 41.5. The molecular weight excluding hydrogens is 1030 g/mol. The summed E-state index contributed by atoms with van der Waals surface area (Å²) in [6.45, 7) is 4.99. The smallest absolute Gasteiger partial charge is 0.305 e. The molecule has 498 valence electrons. The minimum Gasteiger partial charge on any atom is -0.466 e. The van der Waals surface area contributed by atoms with Gasteiger partial charge in [-0.15, -0.1) is 0 Å². The van der Waals surface area contributed by atoms with Crippen LogP contribution < -0.4 is 5.32 Å². The van der Waals surface area contributed by atoms with Crippen LogP contribution in [0.5, 0.6) is 0 Å². The Hall–Kier alpha value is -1.66. The van der Waals surface area contributed by atoms with Crippen LogP contribution in [0.3, 0.4) is 0 Å². The second kappa shape index (κ2) is 73.8. The molecule has 0 radical (unpaired) electrons. The zero-order chi connectivity index (χ0) is 60.6. The number of amides is 1. The predicted octanol–water partition coefficient (Wildman–Crippen LogP) is 25.3. The van der Waals surface area contributed by atoms with E-state index >= 15 is 0 Å². The molecular formula is C78H151NO5. The van der Waals surface area contributed by atoms with E-state index in [0.717, 1.165) is 44.9 Å². The standard InChI is InChI=1S/C78H151NO5/c1-3-5-7-9-11-13-15-17-19-21-22-23-24-30-33-36-39-42-46-50-54-58-62-66-70-76(81)75(74-80)79-77(82)71-67-63-59-55-51-47-43-40-37-34-31-28-26-25-27-29-32-35-38-41-45-49-53-57-61-65-69-73-84-78(83)72-68-64-60-56-52-48-44-20-18-16-14-12-10-8-6-4-2/h20,25-26,44,75-76,80-81H,3-19,21-24,27-43,45-74H2,1-2H3,(H,79,82)/b26-25-,44-20-. The summed E-state index contributed by atoms with van der Waals surface area (Å²) in [6, 6.07) is -0.544. The van der Waals surface area contributed by atoms with Gasteiger partial charge in [0.05, 0.1) is 25.4 Å². The molecule has 6 heteroatoms. The zero-order valence-corrected chi connectivity index (χ0v) is 57.2. The lowest BCUT2D eigenvalue weighted by Gasteiger charge is -2.22. The molecule has 0 spiro atoms. The Morgan fingerprint density at radius 3 is 0.845 bits per heavy atom. The lowest BCUT2D eigenvalue weighted by atomic mass is 10.0. The highest BCUT2D eigenvalue weighted by Crippen LogP contribution is 2.20. The Labute approximate surface area is 526 Å². The van der Waals surface area contributed by atoms with Gasteiger partial charge in [0.1, 0.15) is 0 Å². The number of nitrogens with one attached hydrogen (secondary N) is 1. The molecule has 0 aliphatic rings. The van der Waals surface area contributed by atoms with Gasteiger partial charge in [-0.3, -0.25) is 9.59 Å². The van der Waals surface area contributed by atoms with Gasteiger partial charge in [0.2, 0.25) is 5.91 Å². The Kier molecular flexibility index (Phi) is 72.3. The summed E-state index contributed by atoms with van der Waals surface area (Å²) in [4.78, 5) is 24.7. The lowest BCUT2D eigenvalue weighted by molar-refractivity contribution is -0.143. The minimum absolute atomic E-state index is 0.00884.